The molecule has 9 heteroatoms. The SMILES string of the molecule is CC(C)(C)N(Cc1ccc(-c2nc3ccc(C(=O)NCCCn4ccnc4)cc3nc2-c2ccccc2)cc1)C(=O)O. The van der Waals surface area contributed by atoms with Gasteiger partial charge in [-0.2, -0.15) is 0 Å². The number of carbonyl (C=O) groups is 2. The Bertz CT molecular complexity index is 1680. The molecule has 9 nitrogen and oxygen atoms in total. The van der Waals surface area contributed by atoms with Crippen molar-refractivity contribution in [3.63, 3.8) is 0 Å². The van der Waals surface area contributed by atoms with Gasteiger partial charge in [-0.25, -0.2) is 19.7 Å². The van der Waals surface area contributed by atoms with E-state index in [4.69, 9.17) is 9.97 Å². The van der Waals surface area contributed by atoms with Crippen LogP contribution in [0.25, 0.3) is 33.5 Å². The van der Waals surface area contributed by atoms with Crippen molar-refractivity contribution < 1.29 is 14.7 Å². The number of carbonyl (C=O) groups excluding carboxylic acids is 1. The number of hydrogen-bond donors (Lipinski definition) is 2. The van der Waals surface area contributed by atoms with Gasteiger partial charge in [-0.05, 0) is 51.0 Å². The number of hydrogen-bond acceptors (Lipinski definition) is 5. The number of imidazole rings is 1. The molecule has 42 heavy (non-hydrogen) atoms. The quantitative estimate of drug-likeness (QED) is 0.205. The van der Waals surface area contributed by atoms with Crippen molar-refractivity contribution in [2.45, 2.75) is 45.8 Å². The van der Waals surface area contributed by atoms with Gasteiger partial charge in [-0.3, -0.25) is 9.69 Å². The normalized spacial score (nSPS) is 11.4. The Morgan fingerprint density at radius 3 is 2.24 bits per heavy atom. The number of aromatic nitrogens is 4. The van der Waals surface area contributed by atoms with Crippen LogP contribution in [0.3, 0.4) is 0 Å². The summed E-state index contributed by atoms with van der Waals surface area (Å²) in [6.07, 6.45) is 5.23. The molecule has 0 bridgehead atoms. The van der Waals surface area contributed by atoms with Crippen molar-refractivity contribution in [2.24, 2.45) is 0 Å². The highest BCUT2D eigenvalue weighted by atomic mass is 16.4. The number of benzene rings is 3. The molecule has 0 aliphatic heterocycles. The average molecular weight is 563 g/mol. The van der Waals surface area contributed by atoms with E-state index in [1.165, 1.54) is 4.90 Å². The first-order valence-corrected chi connectivity index (χ1v) is 13.9. The molecule has 2 aromatic heterocycles. The van der Waals surface area contributed by atoms with Crippen LogP contribution >= 0.6 is 0 Å². The van der Waals surface area contributed by atoms with Crippen LogP contribution in [0.4, 0.5) is 4.79 Å². The van der Waals surface area contributed by atoms with Gasteiger partial charge in [0.25, 0.3) is 5.91 Å². The molecular formula is C33H34N6O3. The summed E-state index contributed by atoms with van der Waals surface area (Å²) >= 11 is 0. The first kappa shape index (κ1) is 28.5. The summed E-state index contributed by atoms with van der Waals surface area (Å²) in [5.41, 5.74) is 5.38. The molecule has 2 N–H and O–H groups in total. The molecule has 3 aromatic carbocycles. The highest BCUT2D eigenvalue weighted by Gasteiger charge is 2.26. The van der Waals surface area contributed by atoms with Crippen LogP contribution in [0, 0.1) is 0 Å². The van der Waals surface area contributed by atoms with Gasteiger partial charge >= 0.3 is 6.09 Å². The predicted octanol–water partition coefficient (Wildman–Crippen LogP) is 6.26. The fourth-order valence-corrected chi connectivity index (χ4v) is 4.72. The molecule has 5 rings (SSSR count). The summed E-state index contributed by atoms with van der Waals surface area (Å²) in [6.45, 7) is 7.24. The van der Waals surface area contributed by atoms with Gasteiger partial charge in [-0.1, -0.05) is 54.6 Å². The lowest BCUT2D eigenvalue weighted by Crippen LogP contribution is -2.44. The Balaban J connectivity index is 1.42. The minimum Gasteiger partial charge on any atom is -0.465 e. The Hall–Kier alpha value is -5.05. The summed E-state index contributed by atoms with van der Waals surface area (Å²) in [7, 11) is 0. The first-order valence-electron chi connectivity index (χ1n) is 13.9. The van der Waals surface area contributed by atoms with E-state index in [0.29, 0.717) is 34.5 Å². The standard InChI is InChI=1S/C33H34N6O3/c1-33(2,3)39(32(41)42)21-23-10-12-25(13-11-23)30-29(24-8-5-4-6-9-24)37-28-20-26(14-15-27(28)36-30)31(40)35-16-7-18-38-19-17-34-22-38/h4-6,8-15,17,19-20,22H,7,16,18,21H2,1-3H3,(H,35,40)(H,41,42). The largest absolute Gasteiger partial charge is 0.465 e. The summed E-state index contributed by atoms with van der Waals surface area (Å²) in [5, 5.41) is 12.7. The molecule has 0 fully saturated rings. The van der Waals surface area contributed by atoms with Crippen molar-refractivity contribution in [1.82, 2.24) is 29.7 Å². The van der Waals surface area contributed by atoms with E-state index in [2.05, 4.69) is 10.3 Å². The number of carboxylic acid groups (broad SMARTS) is 1. The van der Waals surface area contributed by atoms with Crippen LogP contribution in [-0.4, -0.2) is 53.6 Å². The molecule has 2 amide bonds. The first-order chi connectivity index (χ1) is 20.2. The third-order valence-electron chi connectivity index (χ3n) is 7.02. The number of nitrogens with one attached hydrogen (secondary N) is 1. The Morgan fingerprint density at radius 2 is 1.60 bits per heavy atom. The average Bonchev–Trinajstić information content (AvgIpc) is 3.51. The maximum Gasteiger partial charge on any atom is 0.408 e. The Morgan fingerprint density at radius 1 is 0.905 bits per heavy atom. The smallest absolute Gasteiger partial charge is 0.408 e. The molecule has 0 aliphatic rings. The third-order valence-corrected chi connectivity index (χ3v) is 7.02. The van der Waals surface area contributed by atoms with E-state index in [1.54, 1.807) is 24.7 Å². The Labute approximate surface area is 244 Å². The predicted molar refractivity (Wildman–Crippen MR) is 163 cm³/mol. The van der Waals surface area contributed by atoms with Crippen LogP contribution in [0.2, 0.25) is 0 Å². The van der Waals surface area contributed by atoms with Crippen molar-refractivity contribution >= 4 is 23.0 Å². The molecule has 0 radical (unpaired) electrons. The van der Waals surface area contributed by atoms with Gasteiger partial charge < -0.3 is 15.0 Å². The number of rotatable bonds is 9. The molecule has 214 valence electrons. The maximum absolute atomic E-state index is 12.9. The van der Waals surface area contributed by atoms with E-state index in [-0.39, 0.29) is 12.5 Å². The van der Waals surface area contributed by atoms with Gasteiger partial charge in [0.1, 0.15) is 0 Å². The summed E-state index contributed by atoms with van der Waals surface area (Å²) in [5.74, 6) is -0.157. The minimum atomic E-state index is -0.958. The van der Waals surface area contributed by atoms with E-state index in [9.17, 15) is 14.7 Å². The highest BCUT2D eigenvalue weighted by Crippen LogP contribution is 2.32. The van der Waals surface area contributed by atoms with E-state index < -0.39 is 11.6 Å². The fourth-order valence-electron chi connectivity index (χ4n) is 4.72. The van der Waals surface area contributed by atoms with Gasteiger partial charge in [0.2, 0.25) is 0 Å². The van der Waals surface area contributed by atoms with Crippen LogP contribution in [-0.2, 0) is 13.1 Å². The summed E-state index contributed by atoms with van der Waals surface area (Å²) in [4.78, 5) is 40.1. The number of fused-ring (bicyclic) bond motifs is 1. The summed E-state index contributed by atoms with van der Waals surface area (Å²) < 4.78 is 1.98. The minimum absolute atomic E-state index is 0.157. The van der Waals surface area contributed by atoms with E-state index in [1.807, 2.05) is 92.2 Å². The zero-order valence-corrected chi connectivity index (χ0v) is 24.0. The van der Waals surface area contributed by atoms with Crippen LogP contribution in [0.5, 0.6) is 0 Å². The molecule has 0 spiro atoms. The molecule has 2 heterocycles. The monoisotopic (exact) mass is 562 g/mol. The van der Waals surface area contributed by atoms with E-state index in [0.717, 1.165) is 29.7 Å². The molecule has 5 aromatic rings. The molecule has 0 saturated heterocycles. The number of nitrogens with zero attached hydrogens (tertiary/aromatic N) is 5. The van der Waals surface area contributed by atoms with Gasteiger partial charge in [0.15, 0.2) is 0 Å². The summed E-state index contributed by atoms with van der Waals surface area (Å²) in [6, 6.07) is 23.0. The Kier molecular flexibility index (Phi) is 8.28. The lowest BCUT2D eigenvalue weighted by Gasteiger charge is -2.33. The van der Waals surface area contributed by atoms with E-state index >= 15 is 0 Å². The second kappa shape index (κ2) is 12.2. The number of amides is 2. The van der Waals surface area contributed by atoms with Gasteiger partial charge in [0, 0.05) is 54.3 Å². The van der Waals surface area contributed by atoms with Crippen molar-refractivity contribution in [1.29, 1.82) is 0 Å². The maximum atomic E-state index is 12.9. The van der Waals surface area contributed by atoms with Crippen LogP contribution in [0.1, 0.15) is 43.1 Å². The molecule has 0 saturated carbocycles. The van der Waals surface area contributed by atoms with Crippen molar-refractivity contribution in [3.05, 3.63) is 103 Å². The molecular weight excluding hydrogens is 528 g/mol. The lowest BCUT2D eigenvalue weighted by molar-refractivity contribution is 0.0944. The van der Waals surface area contributed by atoms with Crippen LogP contribution < -0.4 is 5.32 Å². The number of aryl methyl sites for hydroxylation is 1. The zero-order valence-electron chi connectivity index (χ0n) is 24.0. The second-order valence-electron chi connectivity index (χ2n) is 11.1. The lowest BCUT2D eigenvalue weighted by atomic mass is 10.0. The second-order valence-corrected chi connectivity index (χ2v) is 11.1. The van der Waals surface area contributed by atoms with Crippen molar-refractivity contribution in [2.75, 3.05) is 6.54 Å². The fraction of sp³-hybridized carbons (Fsp3) is 0.242. The topological polar surface area (TPSA) is 113 Å². The highest BCUT2D eigenvalue weighted by molar-refractivity contribution is 5.98. The molecule has 0 unspecified atom stereocenters. The molecule has 0 aliphatic carbocycles. The van der Waals surface area contributed by atoms with Gasteiger partial charge in [0.05, 0.1) is 28.7 Å². The zero-order chi connectivity index (χ0) is 29.7. The van der Waals surface area contributed by atoms with Crippen LogP contribution in [0.15, 0.2) is 91.5 Å². The van der Waals surface area contributed by atoms with Gasteiger partial charge in [-0.15, -0.1) is 0 Å². The van der Waals surface area contributed by atoms with Crippen molar-refractivity contribution in [3.8, 4) is 22.5 Å². The third kappa shape index (κ3) is 6.63. The molecule has 0 atom stereocenters.